The predicted molar refractivity (Wildman–Crippen MR) is 109 cm³/mol. The summed E-state index contributed by atoms with van der Waals surface area (Å²) in [6, 6.07) is 13.5. The van der Waals surface area contributed by atoms with E-state index in [1.807, 2.05) is 62.4 Å². The SMILES string of the molecule is CCOc1ccc(/C=C2/C(=O)N(c3ccc(CC)cc3)N=C2C)cc1OC. The van der Waals surface area contributed by atoms with Crippen LogP contribution in [0.25, 0.3) is 6.08 Å². The van der Waals surface area contributed by atoms with Gasteiger partial charge in [0, 0.05) is 0 Å². The second kappa shape index (κ2) is 8.08. The maximum Gasteiger partial charge on any atom is 0.280 e. The van der Waals surface area contributed by atoms with Gasteiger partial charge in [0.15, 0.2) is 11.5 Å². The highest BCUT2D eigenvalue weighted by atomic mass is 16.5. The Morgan fingerprint density at radius 3 is 2.44 bits per heavy atom. The summed E-state index contributed by atoms with van der Waals surface area (Å²) in [6.45, 7) is 6.43. The highest BCUT2D eigenvalue weighted by Crippen LogP contribution is 2.30. The summed E-state index contributed by atoms with van der Waals surface area (Å²) in [5.41, 5.74) is 4.11. The number of anilines is 1. The molecule has 3 rings (SSSR count). The summed E-state index contributed by atoms with van der Waals surface area (Å²) in [6.07, 6.45) is 2.79. The lowest BCUT2D eigenvalue weighted by molar-refractivity contribution is -0.114. The lowest BCUT2D eigenvalue weighted by atomic mass is 10.1. The van der Waals surface area contributed by atoms with Gasteiger partial charge in [-0.15, -0.1) is 0 Å². The molecule has 1 aliphatic rings. The largest absolute Gasteiger partial charge is 0.493 e. The molecule has 0 aromatic heterocycles. The van der Waals surface area contributed by atoms with Gasteiger partial charge in [-0.05, 0) is 61.7 Å². The molecule has 0 saturated heterocycles. The van der Waals surface area contributed by atoms with Gasteiger partial charge >= 0.3 is 0 Å². The minimum Gasteiger partial charge on any atom is -0.493 e. The molecule has 0 unspecified atom stereocenters. The second-order valence-electron chi connectivity index (χ2n) is 6.22. The van der Waals surface area contributed by atoms with Gasteiger partial charge in [-0.3, -0.25) is 4.79 Å². The summed E-state index contributed by atoms with van der Waals surface area (Å²) in [5, 5.41) is 5.89. The summed E-state index contributed by atoms with van der Waals surface area (Å²) in [7, 11) is 1.60. The maximum absolute atomic E-state index is 12.9. The van der Waals surface area contributed by atoms with Crippen LogP contribution in [0.4, 0.5) is 5.69 Å². The molecule has 1 amide bonds. The van der Waals surface area contributed by atoms with Crippen molar-refractivity contribution in [2.45, 2.75) is 27.2 Å². The molecule has 0 fully saturated rings. The molecule has 0 atom stereocenters. The number of aryl methyl sites for hydroxylation is 1. The first-order valence-electron chi connectivity index (χ1n) is 9.08. The van der Waals surface area contributed by atoms with E-state index in [9.17, 15) is 4.79 Å². The zero-order valence-corrected chi connectivity index (χ0v) is 16.2. The number of methoxy groups -OCH3 is 1. The zero-order valence-electron chi connectivity index (χ0n) is 16.2. The molecule has 1 aliphatic heterocycles. The third-order valence-electron chi connectivity index (χ3n) is 4.45. The number of ether oxygens (including phenoxy) is 2. The third-order valence-corrected chi connectivity index (χ3v) is 4.45. The number of carbonyl (C=O) groups excluding carboxylic acids is 1. The number of benzene rings is 2. The Balaban J connectivity index is 1.89. The van der Waals surface area contributed by atoms with Gasteiger partial charge in [-0.1, -0.05) is 25.1 Å². The Morgan fingerprint density at radius 1 is 1.07 bits per heavy atom. The topological polar surface area (TPSA) is 51.1 Å². The van der Waals surface area contributed by atoms with Gasteiger partial charge in [0.05, 0.1) is 30.7 Å². The molecule has 27 heavy (non-hydrogen) atoms. The monoisotopic (exact) mass is 364 g/mol. The third kappa shape index (κ3) is 3.87. The van der Waals surface area contributed by atoms with Crippen molar-refractivity contribution in [1.29, 1.82) is 0 Å². The molecule has 0 radical (unpaired) electrons. The molecule has 0 aliphatic carbocycles. The normalized spacial score (nSPS) is 15.3. The van der Waals surface area contributed by atoms with Crippen molar-refractivity contribution in [2.75, 3.05) is 18.7 Å². The average Bonchev–Trinajstić information content (AvgIpc) is 2.97. The van der Waals surface area contributed by atoms with E-state index in [1.165, 1.54) is 10.6 Å². The fourth-order valence-electron chi connectivity index (χ4n) is 2.95. The van der Waals surface area contributed by atoms with Crippen LogP contribution in [-0.2, 0) is 11.2 Å². The van der Waals surface area contributed by atoms with Crippen molar-refractivity contribution >= 4 is 23.4 Å². The Bertz CT molecular complexity index is 898. The molecule has 2 aromatic carbocycles. The highest BCUT2D eigenvalue weighted by molar-refractivity contribution is 6.32. The molecular formula is C22H24N2O3. The molecular weight excluding hydrogens is 340 g/mol. The van der Waals surface area contributed by atoms with E-state index in [0.717, 1.165) is 17.7 Å². The van der Waals surface area contributed by atoms with Gasteiger partial charge in [-0.25, -0.2) is 0 Å². The summed E-state index contributed by atoms with van der Waals surface area (Å²) in [4.78, 5) is 12.9. The van der Waals surface area contributed by atoms with E-state index in [4.69, 9.17) is 9.47 Å². The fraction of sp³-hybridized carbons (Fsp3) is 0.273. The number of hydrogen-bond donors (Lipinski definition) is 0. The summed E-state index contributed by atoms with van der Waals surface area (Å²) < 4.78 is 10.9. The van der Waals surface area contributed by atoms with E-state index in [-0.39, 0.29) is 5.91 Å². The number of nitrogens with zero attached hydrogens (tertiary/aromatic N) is 2. The van der Waals surface area contributed by atoms with Crippen molar-refractivity contribution in [3.63, 3.8) is 0 Å². The van der Waals surface area contributed by atoms with Crippen molar-refractivity contribution in [1.82, 2.24) is 0 Å². The standard InChI is InChI=1S/C22H24N2O3/c1-5-16-7-10-18(11-8-16)24-22(25)19(15(3)23-24)13-17-9-12-20(27-6-2)21(14-17)26-4/h7-14H,5-6H2,1-4H3/b19-13+. The van der Waals surface area contributed by atoms with Crippen molar-refractivity contribution < 1.29 is 14.3 Å². The summed E-state index contributed by atoms with van der Waals surface area (Å²) in [5.74, 6) is 1.19. The molecule has 5 heteroatoms. The van der Waals surface area contributed by atoms with Crippen LogP contribution < -0.4 is 14.5 Å². The average molecular weight is 364 g/mol. The molecule has 2 aromatic rings. The Morgan fingerprint density at radius 2 is 1.81 bits per heavy atom. The molecule has 140 valence electrons. The van der Waals surface area contributed by atoms with E-state index in [2.05, 4.69) is 12.0 Å². The van der Waals surface area contributed by atoms with Crippen LogP contribution in [0, 0.1) is 0 Å². The van der Waals surface area contributed by atoms with Gasteiger partial charge < -0.3 is 9.47 Å². The van der Waals surface area contributed by atoms with Crippen LogP contribution in [-0.4, -0.2) is 25.3 Å². The van der Waals surface area contributed by atoms with Crippen LogP contribution in [0.1, 0.15) is 31.9 Å². The molecule has 0 bridgehead atoms. The Labute approximate surface area is 159 Å². The van der Waals surface area contributed by atoms with Gasteiger partial charge in [0.2, 0.25) is 0 Å². The second-order valence-corrected chi connectivity index (χ2v) is 6.22. The lowest BCUT2D eigenvalue weighted by Gasteiger charge is -2.12. The van der Waals surface area contributed by atoms with Crippen molar-refractivity contribution in [3.8, 4) is 11.5 Å². The smallest absolute Gasteiger partial charge is 0.280 e. The van der Waals surface area contributed by atoms with Crippen LogP contribution in [0.5, 0.6) is 11.5 Å². The lowest BCUT2D eigenvalue weighted by Crippen LogP contribution is -2.21. The predicted octanol–water partition coefficient (Wildman–Crippen LogP) is 4.46. The van der Waals surface area contributed by atoms with Crippen molar-refractivity contribution in [2.24, 2.45) is 5.10 Å². The minimum atomic E-state index is -0.135. The Kier molecular flexibility index (Phi) is 5.60. The molecule has 5 nitrogen and oxygen atoms in total. The number of rotatable bonds is 6. The molecule has 0 spiro atoms. The number of carbonyl (C=O) groups is 1. The first-order valence-corrected chi connectivity index (χ1v) is 9.08. The maximum atomic E-state index is 12.9. The van der Waals surface area contributed by atoms with E-state index >= 15 is 0 Å². The van der Waals surface area contributed by atoms with Crippen molar-refractivity contribution in [3.05, 3.63) is 59.2 Å². The molecule has 0 saturated carbocycles. The van der Waals surface area contributed by atoms with Crippen LogP contribution in [0.2, 0.25) is 0 Å². The first-order chi connectivity index (χ1) is 13.1. The van der Waals surface area contributed by atoms with Gasteiger partial charge in [0.1, 0.15) is 0 Å². The Hall–Kier alpha value is -3.08. The molecule has 1 heterocycles. The van der Waals surface area contributed by atoms with E-state index in [1.54, 1.807) is 7.11 Å². The van der Waals surface area contributed by atoms with E-state index < -0.39 is 0 Å². The highest BCUT2D eigenvalue weighted by Gasteiger charge is 2.28. The first kappa shape index (κ1) is 18.7. The van der Waals surface area contributed by atoms with Gasteiger partial charge in [0.25, 0.3) is 5.91 Å². The quantitative estimate of drug-likeness (QED) is 0.711. The minimum absolute atomic E-state index is 0.135. The van der Waals surface area contributed by atoms with Gasteiger partial charge in [-0.2, -0.15) is 10.1 Å². The van der Waals surface area contributed by atoms with Crippen LogP contribution in [0.3, 0.4) is 0 Å². The molecule has 0 N–H and O–H groups in total. The van der Waals surface area contributed by atoms with Crippen LogP contribution >= 0.6 is 0 Å². The fourth-order valence-corrected chi connectivity index (χ4v) is 2.95. The number of hydrogen-bond acceptors (Lipinski definition) is 4. The number of amides is 1. The zero-order chi connectivity index (χ0) is 19.4. The van der Waals surface area contributed by atoms with E-state index in [0.29, 0.717) is 29.4 Å². The van der Waals surface area contributed by atoms with Crippen LogP contribution in [0.15, 0.2) is 53.1 Å². The number of hydrazone groups is 1. The summed E-state index contributed by atoms with van der Waals surface area (Å²) >= 11 is 0.